The van der Waals surface area contributed by atoms with E-state index in [1.807, 2.05) is 42.6 Å². The van der Waals surface area contributed by atoms with Crippen LogP contribution in [0.1, 0.15) is 19.8 Å². The molecule has 1 heterocycles. The Bertz CT molecular complexity index is 537. The average Bonchev–Trinajstić information content (AvgIpc) is 2.86. The highest BCUT2D eigenvalue weighted by Gasteiger charge is 2.08. The number of carbonyl (C=O) groups is 1. The quantitative estimate of drug-likeness (QED) is 0.881. The van der Waals surface area contributed by atoms with Crippen molar-refractivity contribution in [1.29, 1.82) is 0 Å². The van der Waals surface area contributed by atoms with Crippen LogP contribution in [0.2, 0.25) is 0 Å². The molecule has 19 heavy (non-hydrogen) atoms. The summed E-state index contributed by atoms with van der Waals surface area (Å²) in [5.74, 6) is -0.0359. The highest BCUT2D eigenvalue weighted by atomic mass is 32.1. The van der Waals surface area contributed by atoms with E-state index in [-0.39, 0.29) is 11.9 Å². The van der Waals surface area contributed by atoms with Gasteiger partial charge in [0.2, 0.25) is 5.91 Å². The average molecular weight is 275 g/mol. The molecule has 1 unspecified atom stereocenters. The topological polar surface area (TPSA) is 68.0 Å². The fraction of sp³-hybridized carbons (Fsp3) is 0.286. The molecule has 0 saturated heterocycles. The molecular formula is C14H17N3OS. The van der Waals surface area contributed by atoms with Crippen LogP contribution in [0, 0.1) is 0 Å². The molecule has 0 spiro atoms. The standard InChI is InChI=1S/C14H17N3OS/c1-10(15)7-8-13(18)17-14-16-12(9-19-14)11-5-3-2-4-6-11/h2-6,9-10H,7-8,15H2,1H3,(H,16,17,18). The Labute approximate surface area is 116 Å². The number of carbonyl (C=O) groups excluding carboxylic acids is 1. The van der Waals surface area contributed by atoms with Crippen molar-refractivity contribution < 1.29 is 4.79 Å². The molecule has 1 atom stereocenters. The first-order valence-corrected chi connectivity index (χ1v) is 7.09. The van der Waals surface area contributed by atoms with Gasteiger partial charge in [0.15, 0.2) is 5.13 Å². The second kappa shape index (κ2) is 6.45. The number of amides is 1. The molecule has 0 radical (unpaired) electrons. The second-order valence-corrected chi connectivity index (χ2v) is 5.33. The molecule has 0 saturated carbocycles. The minimum Gasteiger partial charge on any atom is -0.328 e. The number of aromatic nitrogens is 1. The molecule has 3 N–H and O–H groups in total. The summed E-state index contributed by atoms with van der Waals surface area (Å²) in [7, 11) is 0. The summed E-state index contributed by atoms with van der Waals surface area (Å²) in [6.45, 7) is 1.89. The van der Waals surface area contributed by atoms with Crippen LogP contribution in [0.5, 0.6) is 0 Å². The van der Waals surface area contributed by atoms with Crippen molar-refractivity contribution in [3.63, 3.8) is 0 Å². The fourth-order valence-corrected chi connectivity index (χ4v) is 2.35. The van der Waals surface area contributed by atoms with E-state index in [4.69, 9.17) is 5.73 Å². The lowest BCUT2D eigenvalue weighted by atomic mass is 10.2. The van der Waals surface area contributed by atoms with Crippen LogP contribution in [0.25, 0.3) is 11.3 Å². The van der Waals surface area contributed by atoms with Crippen molar-refractivity contribution in [2.75, 3.05) is 5.32 Å². The summed E-state index contributed by atoms with van der Waals surface area (Å²) < 4.78 is 0. The monoisotopic (exact) mass is 275 g/mol. The number of hydrogen-bond donors (Lipinski definition) is 2. The van der Waals surface area contributed by atoms with Gasteiger partial charge >= 0.3 is 0 Å². The van der Waals surface area contributed by atoms with Gasteiger partial charge in [-0.2, -0.15) is 0 Å². The van der Waals surface area contributed by atoms with Gasteiger partial charge in [0.1, 0.15) is 0 Å². The number of nitrogens with one attached hydrogen (secondary N) is 1. The van der Waals surface area contributed by atoms with Crippen molar-refractivity contribution >= 4 is 22.4 Å². The highest BCUT2D eigenvalue weighted by molar-refractivity contribution is 7.14. The summed E-state index contributed by atoms with van der Waals surface area (Å²) in [6.07, 6.45) is 1.11. The first-order chi connectivity index (χ1) is 9.15. The van der Waals surface area contributed by atoms with Crippen LogP contribution in [0.15, 0.2) is 35.7 Å². The summed E-state index contributed by atoms with van der Waals surface area (Å²) in [5.41, 5.74) is 7.55. The molecule has 4 nitrogen and oxygen atoms in total. The minimum absolute atomic E-state index is 0.0359. The molecule has 0 bridgehead atoms. The molecule has 1 aromatic heterocycles. The van der Waals surface area contributed by atoms with E-state index in [0.717, 1.165) is 11.3 Å². The van der Waals surface area contributed by atoms with Gasteiger partial charge in [-0.3, -0.25) is 4.79 Å². The van der Waals surface area contributed by atoms with Crippen LogP contribution in [0.3, 0.4) is 0 Å². The third kappa shape index (κ3) is 4.15. The Balaban J connectivity index is 1.96. The normalized spacial score (nSPS) is 12.1. The van der Waals surface area contributed by atoms with Crippen LogP contribution < -0.4 is 11.1 Å². The summed E-state index contributed by atoms with van der Waals surface area (Å²) in [5, 5.41) is 5.37. The van der Waals surface area contributed by atoms with E-state index in [0.29, 0.717) is 18.0 Å². The maximum absolute atomic E-state index is 11.7. The first-order valence-electron chi connectivity index (χ1n) is 6.21. The van der Waals surface area contributed by atoms with Gasteiger partial charge in [0.05, 0.1) is 5.69 Å². The molecule has 1 aromatic carbocycles. The molecule has 2 rings (SSSR count). The third-order valence-electron chi connectivity index (χ3n) is 2.65. The Morgan fingerprint density at radius 2 is 2.16 bits per heavy atom. The zero-order valence-electron chi connectivity index (χ0n) is 10.8. The minimum atomic E-state index is -0.0359. The zero-order chi connectivity index (χ0) is 13.7. The lowest BCUT2D eigenvalue weighted by Gasteiger charge is -2.04. The fourth-order valence-electron chi connectivity index (χ4n) is 1.61. The highest BCUT2D eigenvalue weighted by Crippen LogP contribution is 2.24. The number of thiazole rings is 1. The third-order valence-corrected chi connectivity index (χ3v) is 3.40. The van der Waals surface area contributed by atoms with Crippen molar-refractivity contribution in [3.05, 3.63) is 35.7 Å². The molecule has 1 amide bonds. The predicted molar refractivity (Wildman–Crippen MR) is 79.1 cm³/mol. The van der Waals surface area contributed by atoms with Crippen molar-refractivity contribution in [2.45, 2.75) is 25.8 Å². The molecule has 0 fully saturated rings. The lowest BCUT2D eigenvalue weighted by Crippen LogP contribution is -2.19. The molecule has 5 heteroatoms. The van der Waals surface area contributed by atoms with Gasteiger partial charge < -0.3 is 11.1 Å². The molecule has 0 aliphatic carbocycles. The van der Waals surface area contributed by atoms with E-state index < -0.39 is 0 Å². The molecular weight excluding hydrogens is 258 g/mol. The summed E-state index contributed by atoms with van der Waals surface area (Å²) >= 11 is 1.43. The largest absolute Gasteiger partial charge is 0.328 e. The number of hydrogen-bond acceptors (Lipinski definition) is 4. The number of benzene rings is 1. The number of rotatable bonds is 5. The van der Waals surface area contributed by atoms with Gasteiger partial charge in [-0.05, 0) is 13.3 Å². The van der Waals surface area contributed by atoms with Crippen molar-refractivity contribution in [2.24, 2.45) is 5.73 Å². The van der Waals surface area contributed by atoms with Crippen LogP contribution in [-0.2, 0) is 4.79 Å². The Morgan fingerprint density at radius 3 is 2.84 bits per heavy atom. The van der Waals surface area contributed by atoms with Gasteiger partial charge in [-0.25, -0.2) is 4.98 Å². The Morgan fingerprint density at radius 1 is 1.42 bits per heavy atom. The maximum atomic E-state index is 11.7. The second-order valence-electron chi connectivity index (χ2n) is 4.47. The van der Waals surface area contributed by atoms with Crippen molar-refractivity contribution in [3.8, 4) is 11.3 Å². The molecule has 100 valence electrons. The van der Waals surface area contributed by atoms with Gasteiger partial charge in [0, 0.05) is 23.4 Å². The smallest absolute Gasteiger partial charge is 0.226 e. The van der Waals surface area contributed by atoms with E-state index in [1.165, 1.54) is 11.3 Å². The Kier molecular flexibility index (Phi) is 4.65. The SMILES string of the molecule is CC(N)CCC(=O)Nc1nc(-c2ccccc2)cs1. The van der Waals surface area contributed by atoms with Crippen LogP contribution in [-0.4, -0.2) is 16.9 Å². The number of anilines is 1. The van der Waals surface area contributed by atoms with E-state index >= 15 is 0 Å². The maximum Gasteiger partial charge on any atom is 0.226 e. The number of nitrogens with two attached hydrogens (primary N) is 1. The van der Waals surface area contributed by atoms with E-state index in [2.05, 4.69) is 10.3 Å². The van der Waals surface area contributed by atoms with Gasteiger partial charge in [-0.1, -0.05) is 30.3 Å². The van der Waals surface area contributed by atoms with Crippen molar-refractivity contribution in [1.82, 2.24) is 4.98 Å². The zero-order valence-corrected chi connectivity index (χ0v) is 11.6. The van der Waals surface area contributed by atoms with Gasteiger partial charge in [-0.15, -0.1) is 11.3 Å². The van der Waals surface area contributed by atoms with Crippen LogP contribution in [0.4, 0.5) is 5.13 Å². The molecule has 2 aromatic rings. The first kappa shape index (κ1) is 13.7. The summed E-state index contributed by atoms with van der Waals surface area (Å²) in [6, 6.07) is 9.94. The lowest BCUT2D eigenvalue weighted by molar-refractivity contribution is -0.116. The molecule has 0 aliphatic rings. The number of nitrogens with zero attached hydrogens (tertiary/aromatic N) is 1. The van der Waals surface area contributed by atoms with Gasteiger partial charge in [0.25, 0.3) is 0 Å². The van der Waals surface area contributed by atoms with E-state index in [9.17, 15) is 4.79 Å². The predicted octanol–water partition coefficient (Wildman–Crippen LogP) is 2.88. The van der Waals surface area contributed by atoms with E-state index in [1.54, 1.807) is 0 Å². The van der Waals surface area contributed by atoms with Crippen LogP contribution >= 0.6 is 11.3 Å². The Hall–Kier alpha value is -1.72. The summed E-state index contributed by atoms with van der Waals surface area (Å²) in [4.78, 5) is 16.1. The molecule has 0 aliphatic heterocycles.